The summed E-state index contributed by atoms with van der Waals surface area (Å²) in [5.41, 5.74) is 6.95. The van der Waals surface area contributed by atoms with Crippen LogP contribution < -0.4 is 5.32 Å². The first-order valence-corrected chi connectivity index (χ1v) is 8.41. The standard InChI is InChI=1S/C17H19N3O2S/c1-10-4-5-13(6-11(10)2)15-7-14(22-20-15)8-18-17(21)16-12(3)19-9-23-16/h4-6,9,14H,7-8H2,1-3H3,(H,18,21)/t14-/m1/s1. The first kappa shape index (κ1) is 15.7. The predicted molar refractivity (Wildman–Crippen MR) is 91.1 cm³/mol. The van der Waals surface area contributed by atoms with Crippen LogP contribution in [0.25, 0.3) is 0 Å². The summed E-state index contributed by atoms with van der Waals surface area (Å²) in [5.74, 6) is -0.103. The van der Waals surface area contributed by atoms with E-state index in [9.17, 15) is 4.79 Å². The fourth-order valence-electron chi connectivity index (χ4n) is 2.44. The normalized spacial score (nSPS) is 16.8. The molecule has 6 heteroatoms. The van der Waals surface area contributed by atoms with Crippen molar-refractivity contribution in [3.8, 4) is 0 Å². The Kier molecular flexibility index (Phi) is 4.43. The zero-order chi connectivity index (χ0) is 16.4. The van der Waals surface area contributed by atoms with Gasteiger partial charge in [0.2, 0.25) is 0 Å². The summed E-state index contributed by atoms with van der Waals surface area (Å²) < 4.78 is 0. The van der Waals surface area contributed by atoms with Crippen LogP contribution in [0.5, 0.6) is 0 Å². The van der Waals surface area contributed by atoms with Crippen LogP contribution >= 0.6 is 11.3 Å². The van der Waals surface area contributed by atoms with Gasteiger partial charge in [0.15, 0.2) is 0 Å². The second-order valence-electron chi connectivity index (χ2n) is 5.75. The first-order valence-electron chi connectivity index (χ1n) is 7.53. The van der Waals surface area contributed by atoms with Crippen molar-refractivity contribution in [3.05, 3.63) is 51.0 Å². The van der Waals surface area contributed by atoms with Crippen molar-refractivity contribution < 1.29 is 9.63 Å². The number of amides is 1. The van der Waals surface area contributed by atoms with E-state index in [-0.39, 0.29) is 12.0 Å². The molecule has 1 N–H and O–H groups in total. The minimum Gasteiger partial charge on any atom is -0.390 e. The lowest BCUT2D eigenvalue weighted by Gasteiger charge is -2.09. The topological polar surface area (TPSA) is 63.6 Å². The van der Waals surface area contributed by atoms with E-state index < -0.39 is 0 Å². The number of oxime groups is 1. The lowest BCUT2D eigenvalue weighted by atomic mass is 10.0. The molecule has 23 heavy (non-hydrogen) atoms. The van der Waals surface area contributed by atoms with Crippen molar-refractivity contribution in [2.24, 2.45) is 5.16 Å². The van der Waals surface area contributed by atoms with Gasteiger partial charge in [-0.15, -0.1) is 11.3 Å². The summed E-state index contributed by atoms with van der Waals surface area (Å²) >= 11 is 1.35. The molecule has 5 nitrogen and oxygen atoms in total. The van der Waals surface area contributed by atoms with Gasteiger partial charge in [0.1, 0.15) is 11.0 Å². The van der Waals surface area contributed by atoms with Crippen molar-refractivity contribution in [1.82, 2.24) is 10.3 Å². The zero-order valence-electron chi connectivity index (χ0n) is 13.4. The molecule has 1 amide bonds. The van der Waals surface area contributed by atoms with Gasteiger partial charge in [-0.2, -0.15) is 0 Å². The van der Waals surface area contributed by atoms with Crippen LogP contribution in [0.2, 0.25) is 0 Å². The highest BCUT2D eigenvalue weighted by Gasteiger charge is 2.23. The Bertz CT molecular complexity index is 767. The maximum atomic E-state index is 12.1. The number of hydrogen-bond acceptors (Lipinski definition) is 5. The Hall–Kier alpha value is -2.21. The molecule has 0 radical (unpaired) electrons. The number of thiazole rings is 1. The highest BCUT2D eigenvalue weighted by Crippen LogP contribution is 2.19. The molecule has 2 heterocycles. The Morgan fingerprint density at radius 2 is 2.17 bits per heavy atom. The number of aromatic nitrogens is 1. The van der Waals surface area contributed by atoms with E-state index in [0.29, 0.717) is 17.8 Å². The van der Waals surface area contributed by atoms with Gasteiger partial charge in [0, 0.05) is 6.42 Å². The summed E-state index contributed by atoms with van der Waals surface area (Å²) in [6.07, 6.45) is 0.577. The van der Waals surface area contributed by atoms with Crippen LogP contribution in [0, 0.1) is 20.8 Å². The summed E-state index contributed by atoms with van der Waals surface area (Å²) in [5, 5.41) is 7.07. The maximum absolute atomic E-state index is 12.1. The van der Waals surface area contributed by atoms with Gasteiger partial charge >= 0.3 is 0 Å². The Balaban J connectivity index is 1.56. The number of carbonyl (C=O) groups is 1. The molecule has 0 aliphatic carbocycles. The molecule has 0 fully saturated rings. The molecule has 1 aliphatic rings. The second-order valence-corrected chi connectivity index (χ2v) is 6.60. The Labute approximate surface area is 139 Å². The van der Waals surface area contributed by atoms with E-state index in [2.05, 4.69) is 47.5 Å². The number of rotatable bonds is 4. The van der Waals surface area contributed by atoms with Crippen molar-refractivity contribution in [3.63, 3.8) is 0 Å². The van der Waals surface area contributed by atoms with Crippen LogP contribution in [-0.4, -0.2) is 29.3 Å². The predicted octanol–water partition coefficient (Wildman–Crippen LogP) is 2.99. The monoisotopic (exact) mass is 329 g/mol. The molecule has 0 unspecified atom stereocenters. The average molecular weight is 329 g/mol. The molecule has 1 aliphatic heterocycles. The molecular formula is C17H19N3O2S. The van der Waals surface area contributed by atoms with Gasteiger partial charge < -0.3 is 10.2 Å². The molecule has 1 aromatic carbocycles. The van der Waals surface area contributed by atoms with E-state index >= 15 is 0 Å². The third-order valence-corrected chi connectivity index (χ3v) is 4.94. The average Bonchev–Trinajstić information content (AvgIpc) is 3.16. The van der Waals surface area contributed by atoms with Gasteiger partial charge in [-0.1, -0.05) is 17.3 Å². The van der Waals surface area contributed by atoms with Crippen molar-refractivity contribution in [2.45, 2.75) is 33.3 Å². The van der Waals surface area contributed by atoms with Crippen LogP contribution in [0.1, 0.15) is 38.5 Å². The molecule has 3 rings (SSSR count). The lowest BCUT2D eigenvalue weighted by molar-refractivity contribution is 0.0755. The van der Waals surface area contributed by atoms with Crippen LogP contribution in [0.3, 0.4) is 0 Å². The molecule has 1 atom stereocenters. The minimum absolute atomic E-state index is 0.103. The van der Waals surface area contributed by atoms with Gasteiger partial charge in [-0.05, 0) is 43.5 Å². The largest absolute Gasteiger partial charge is 0.390 e. The smallest absolute Gasteiger partial charge is 0.263 e. The fourth-order valence-corrected chi connectivity index (χ4v) is 3.15. The van der Waals surface area contributed by atoms with Gasteiger partial charge in [-0.25, -0.2) is 4.98 Å². The van der Waals surface area contributed by atoms with Crippen molar-refractivity contribution in [1.29, 1.82) is 0 Å². The fraction of sp³-hybridized carbons (Fsp3) is 0.353. The Morgan fingerprint density at radius 3 is 2.87 bits per heavy atom. The molecular weight excluding hydrogens is 310 g/mol. The zero-order valence-corrected chi connectivity index (χ0v) is 14.2. The number of benzene rings is 1. The summed E-state index contributed by atoms with van der Waals surface area (Å²) in [6, 6.07) is 6.28. The third-order valence-electron chi connectivity index (χ3n) is 4.02. The minimum atomic E-state index is -0.121. The molecule has 1 aromatic heterocycles. The summed E-state index contributed by atoms with van der Waals surface area (Å²) in [7, 11) is 0. The van der Waals surface area contributed by atoms with E-state index in [1.807, 2.05) is 6.92 Å². The highest BCUT2D eigenvalue weighted by atomic mass is 32.1. The van der Waals surface area contributed by atoms with Crippen LogP contribution in [-0.2, 0) is 4.84 Å². The number of aryl methyl sites for hydroxylation is 3. The Morgan fingerprint density at radius 1 is 1.35 bits per heavy atom. The number of carbonyl (C=O) groups excluding carboxylic acids is 1. The van der Waals surface area contributed by atoms with E-state index in [1.165, 1.54) is 22.5 Å². The van der Waals surface area contributed by atoms with Crippen molar-refractivity contribution >= 4 is 23.0 Å². The molecule has 0 bridgehead atoms. The lowest BCUT2D eigenvalue weighted by Crippen LogP contribution is -2.32. The van der Waals surface area contributed by atoms with Gasteiger partial charge in [0.05, 0.1) is 23.5 Å². The van der Waals surface area contributed by atoms with Crippen molar-refractivity contribution in [2.75, 3.05) is 6.54 Å². The number of hydrogen-bond donors (Lipinski definition) is 1. The molecule has 0 saturated carbocycles. The maximum Gasteiger partial charge on any atom is 0.263 e. The third kappa shape index (κ3) is 3.42. The van der Waals surface area contributed by atoms with Gasteiger partial charge in [-0.3, -0.25) is 4.79 Å². The SMILES string of the molecule is Cc1ccc(C2=NO[C@@H](CNC(=O)c3scnc3C)C2)cc1C. The summed E-state index contributed by atoms with van der Waals surface area (Å²) in [4.78, 5) is 22.3. The van der Waals surface area contributed by atoms with Gasteiger partial charge in [0.25, 0.3) is 5.91 Å². The molecule has 120 valence electrons. The summed E-state index contributed by atoms with van der Waals surface area (Å²) in [6.45, 7) is 6.45. The van der Waals surface area contributed by atoms with E-state index in [0.717, 1.165) is 17.0 Å². The number of nitrogens with zero attached hydrogens (tertiary/aromatic N) is 2. The van der Waals surface area contributed by atoms with E-state index in [1.54, 1.807) is 5.51 Å². The van der Waals surface area contributed by atoms with E-state index in [4.69, 9.17) is 4.84 Å². The molecule has 0 saturated heterocycles. The molecule has 2 aromatic rings. The molecule has 0 spiro atoms. The van der Waals surface area contributed by atoms with Crippen LogP contribution in [0.15, 0.2) is 28.9 Å². The van der Waals surface area contributed by atoms with Crippen LogP contribution in [0.4, 0.5) is 0 Å². The highest BCUT2D eigenvalue weighted by molar-refractivity contribution is 7.11. The second kappa shape index (κ2) is 6.50. The number of nitrogens with one attached hydrogen (secondary N) is 1. The quantitative estimate of drug-likeness (QED) is 0.938. The first-order chi connectivity index (χ1) is 11.0.